The van der Waals surface area contributed by atoms with Crippen LogP contribution in [0, 0.1) is 0 Å². The molecule has 1 aromatic heterocycles. The summed E-state index contributed by atoms with van der Waals surface area (Å²) >= 11 is 1.41. The molecule has 122 valence electrons. The zero-order chi connectivity index (χ0) is 16.1. The number of piperazine rings is 1. The summed E-state index contributed by atoms with van der Waals surface area (Å²) in [6, 6.07) is -0.227. The number of thiazole rings is 1. The number of likely N-dealkylation sites (N-methyl/N-ethyl adjacent to an activating group) is 1. The van der Waals surface area contributed by atoms with Gasteiger partial charge < -0.3 is 15.1 Å². The number of aromatic nitrogens is 1. The van der Waals surface area contributed by atoms with Gasteiger partial charge in [0.25, 0.3) is 0 Å². The molecule has 0 saturated carbocycles. The second-order valence-electron chi connectivity index (χ2n) is 5.66. The van der Waals surface area contributed by atoms with Crippen molar-refractivity contribution in [2.75, 3.05) is 52.1 Å². The van der Waals surface area contributed by atoms with Crippen LogP contribution in [-0.4, -0.2) is 84.4 Å². The lowest BCUT2D eigenvalue weighted by atomic mass is 10.2. The molecule has 1 unspecified atom stereocenters. The molecular weight excluding hydrogens is 302 g/mol. The number of anilines is 1. The molecule has 2 amide bonds. The van der Waals surface area contributed by atoms with Crippen LogP contribution in [0.1, 0.15) is 6.92 Å². The van der Waals surface area contributed by atoms with E-state index in [1.54, 1.807) is 6.20 Å². The van der Waals surface area contributed by atoms with Crippen LogP contribution in [0.3, 0.4) is 0 Å². The van der Waals surface area contributed by atoms with Crippen molar-refractivity contribution in [2.45, 2.75) is 13.0 Å². The van der Waals surface area contributed by atoms with Crippen molar-refractivity contribution in [1.82, 2.24) is 19.7 Å². The number of hydrogen-bond donors (Lipinski definition) is 1. The predicted octanol–water partition coefficient (Wildman–Crippen LogP) is 0.176. The molecule has 1 saturated heterocycles. The Kier molecular flexibility index (Phi) is 5.87. The molecule has 0 radical (unpaired) electrons. The van der Waals surface area contributed by atoms with E-state index in [2.05, 4.69) is 15.2 Å². The van der Waals surface area contributed by atoms with Gasteiger partial charge in [-0.25, -0.2) is 4.98 Å². The highest BCUT2D eigenvalue weighted by molar-refractivity contribution is 7.13. The van der Waals surface area contributed by atoms with Gasteiger partial charge in [0, 0.05) is 37.8 Å². The van der Waals surface area contributed by atoms with Crippen LogP contribution in [0.15, 0.2) is 11.6 Å². The van der Waals surface area contributed by atoms with E-state index in [0.717, 1.165) is 0 Å². The van der Waals surface area contributed by atoms with Gasteiger partial charge in [0.15, 0.2) is 5.13 Å². The first kappa shape index (κ1) is 16.9. The first-order chi connectivity index (χ1) is 10.5. The number of nitrogens with one attached hydrogen (secondary N) is 1. The van der Waals surface area contributed by atoms with E-state index in [1.165, 1.54) is 11.3 Å². The van der Waals surface area contributed by atoms with Crippen LogP contribution in [0.5, 0.6) is 0 Å². The van der Waals surface area contributed by atoms with Crippen molar-refractivity contribution < 1.29 is 9.59 Å². The molecule has 1 aliphatic rings. The van der Waals surface area contributed by atoms with Gasteiger partial charge in [-0.3, -0.25) is 14.5 Å². The van der Waals surface area contributed by atoms with Gasteiger partial charge in [0.05, 0.1) is 12.6 Å². The van der Waals surface area contributed by atoms with Crippen LogP contribution >= 0.6 is 11.3 Å². The van der Waals surface area contributed by atoms with Crippen LogP contribution in [0.2, 0.25) is 0 Å². The number of hydrogen-bond acceptors (Lipinski definition) is 6. The largest absolute Gasteiger partial charge is 0.339 e. The Hall–Kier alpha value is -1.51. The fourth-order valence-electron chi connectivity index (χ4n) is 2.39. The molecule has 1 N–H and O–H groups in total. The first-order valence-electron chi connectivity index (χ1n) is 7.34. The maximum atomic E-state index is 12.2. The van der Waals surface area contributed by atoms with Crippen LogP contribution in [-0.2, 0) is 9.59 Å². The SMILES string of the molecule is CC(C(=O)Nc1nccs1)N1CCN(C(=O)CN(C)C)CC1. The van der Waals surface area contributed by atoms with Gasteiger partial charge in [0.2, 0.25) is 11.8 Å². The Morgan fingerprint density at radius 1 is 1.36 bits per heavy atom. The first-order valence-corrected chi connectivity index (χ1v) is 8.22. The molecule has 1 aromatic rings. The molecule has 0 spiro atoms. The second kappa shape index (κ2) is 7.66. The minimum Gasteiger partial charge on any atom is -0.339 e. The van der Waals surface area contributed by atoms with Crippen molar-refractivity contribution >= 4 is 28.3 Å². The van der Waals surface area contributed by atoms with Gasteiger partial charge in [-0.2, -0.15) is 0 Å². The summed E-state index contributed by atoms with van der Waals surface area (Å²) in [4.78, 5) is 34.1. The fourth-order valence-corrected chi connectivity index (χ4v) is 2.92. The molecule has 0 aliphatic carbocycles. The van der Waals surface area contributed by atoms with Crippen molar-refractivity contribution in [1.29, 1.82) is 0 Å². The zero-order valence-corrected chi connectivity index (χ0v) is 14.1. The van der Waals surface area contributed by atoms with E-state index in [-0.39, 0.29) is 17.9 Å². The third kappa shape index (κ3) is 4.49. The summed E-state index contributed by atoms with van der Waals surface area (Å²) in [6.07, 6.45) is 1.67. The molecule has 8 heteroatoms. The molecule has 2 rings (SSSR count). The Balaban J connectivity index is 1.80. The van der Waals surface area contributed by atoms with Crippen molar-refractivity contribution in [3.8, 4) is 0 Å². The molecule has 7 nitrogen and oxygen atoms in total. The van der Waals surface area contributed by atoms with E-state index in [1.807, 2.05) is 36.2 Å². The Labute approximate surface area is 134 Å². The predicted molar refractivity (Wildman–Crippen MR) is 86.9 cm³/mol. The molecule has 1 atom stereocenters. The molecule has 0 aromatic carbocycles. The summed E-state index contributed by atoms with van der Waals surface area (Å²) in [5.41, 5.74) is 0. The smallest absolute Gasteiger partial charge is 0.243 e. The molecular formula is C14H23N5O2S. The number of carbonyl (C=O) groups is 2. The molecule has 1 aliphatic heterocycles. The Morgan fingerprint density at radius 2 is 2.05 bits per heavy atom. The topological polar surface area (TPSA) is 68.8 Å². The maximum absolute atomic E-state index is 12.2. The summed E-state index contributed by atoms with van der Waals surface area (Å²) in [5.74, 6) is 0.0903. The highest BCUT2D eigenvalue weighted by atomic mass is 32.1. The number of rotatable bonds is 5. The normalized spacial score (nSPS) is 17.5. The van der Waals surface area contributed by atoms with Crippen LogP contribution < -0.4 is 5.32 Å². The standard InChI is InChI=1S/C14H23N5O2S/c1-11(13(21)16-14-15-4-9-22-14)18-5-7-19(8-6-18)12(20)10-17(2)3/h4,9,11H,5-8,10H2,1-3H3,(H,15,16,21). The van der Waals surface area contributed by atoms with Crippen LogP contribution in [0.4, 0.5) is 5.13 Å². The fraction of sp³-hybridized carbons (Fsp3) is 0.643. The van der Waals surface area contributed by atoms with Crippen molar-refractivity contribution in [3.63, 3.8) is 0 Å². The minimum atomic E-state index is -0.227. The van der Waals surface area contributed by atoms with Gasteiger partial charge in [-0.05, 0) is 21.0 Å². The monoisotopic (exact) mass is 325 g/mol. The maximum Gasteiger partial charge on any atom is 0.243 e. The average molecular weight is 325 g/mol. The van der Waals surface area contributed by atoms with Crippen molar-refractivity contribution in [3.05, 3.63) is 11.6 Å². The quantitative estimate of drug-likeness (QED) is 0.836. The summed E-state index contributed by atoms with van der Waals surface area (Å²) in [7, 11) is 3.78. The number of carbonyl (C=O) groups excluding carboxylic acids is 2. The lowest BCUT2D eigenvalue weighted by Crippen LogP contribution is -2.55. The van der Waals surface area contributed by atoms with E-state index >= 15 is 0 Å². The van der Waals surface area contributed by atoms with Crippen molar-refractivity contribution in [2.24, 2.45) is 0 Å². The highest BCUT2D eigenvalue weighted by Crippen LogP contribution is 2.13. The van der Waals surface area contributed by atoms with E-state index in [0.29, 0.717) is 37.9 Å². The van der Waals surface area contributed by atoms with Crippen LogP contribution in [0.25, 0.3) is 0 Å². The zero-order valence-electron chi connectivity index (χ0n) is 13.3. The van der Waals surface area contributed by atoms with Gasteiger partial charge in [-0.15, -0.1) is 11.3 Å². The molecule has 0 bridgehead atoms. The Bertz CT molecular complexity index is 497. The van der Waals surface area contributed by atoms with Gasteiger partial charge in [-0.1, -0.05) is 0 Å². The Morgan fingerprint density at radius 3 is 2.59 bits per heavy atom. The summed E-state index contributed by atoms with van der Waals surface area (Å²) in [6.45, 7) is 5.08. The number of nitrogens with zero attached hydrogens (tertiary/aromatic N) is 4. The van der Waals surface area contributed by atoms with Gasteiger partial charge >= 0.3 is 0 Å². The molecule has 22 heavy (non-hydrogen) atoms. The third-order valence-corrected chi connectivity index (χ3v) is 4.40. The van der Waals surface area contributed by atoms with E-state index < -0.39 is 0 Å². The molecule has 2 heterocycles. The van der Waals surface area contributed by atoms with E-state index in [4.69, 9.17) is 0 Å². The van der Waals surface area contributed by atoms with E-state index in [9.17, 15) is 9.59 Å². The lowest BCUT2D eigenvalue weighted by Gasteiger charge is -2.37. The third-order valence-electron chi connectivity index (χ3n) is 3.71. The second-order valence-corrected chi connectivity index (χ2v) is 6.55. The lowest BCUT2D eigenvalue weighted by molar-refractivity contribution is -0.134. The highest BCUT2D eigenvalue weighted by Gasteiger charge is 2.27. The summed E-state index contributed by atoms with van der Waals surface area (Å²) < 4.78 is 0. The summed E-state index contributed by atoms with van der Waals surface area (Å²) in [5, 5.41) is 5.27. The minimum absolute atomic E-state index is 0.0528. The average Bonchev–Trinajstić information content (AvgIpc) is 2.98. The number of amides is 2. The van der Waals surface area contributed by atoms with Gasteiger partial charge in [0.1, 0.15) is 0 Å². The molecule has 1 fully saturated rings.